The third-order valence-corrected chi connectivity index (χ3v) is 4.26. The Morgan fingerprint density at radius 1 is 1.12 bits per heavy atom. The molecule has 3 rings (SSSR count). The largest absolute Gasteiger partial charge is 0.425 e. The minimum Gasteiger partial charge on any atom is -0.425 e. The molecule has 0 aromatic heterocycles. The molecule has 1 heterocycles. The minimum absolute atomic E-state index is 0.00710. The van der Waals surface area contributed by atoms with Gasteiger partial charge in [-0.05, 0) is 37.1 Å². The van der Waals surface area contributed by atoms with Crippen molar-refractivity contribution in [2.45, 2.75) is 47.6 Å². The summed E-state index contributed by atoms with van der Waals surface area (Å²) in [5.41, 5.74) is 1.13. The van der Waals surface area contributed by atoms with Crippen LogP contribution in [0, 0.1) is 16.9 Å². The molecule has 2 aromatic rings. The van der Waals surface area contributed by atoms with E-state index in [0.717, 1.165) is 22.1 Å². The Morgan fingerprint density at radius 2 is 1.76 bits per heavy atom. The second kappa shape index (κ2) is 5.77. The summed E-state index contributed by atoms with van der Waals surface area (Å²) in [6.07, 6.45) is 0. The summed E-state index contributed by atoms with van der Waals surface area (Å²) < 4.78 is 5.74. The lowest BCUT2D eigenvalue weighted by Crippen LogP contribution is -2.33. The number of carbonyl (C=O) groups is 1. The first-order valence-electron chi connectivity index (χ1n) is 8.58. The number of carbonyl (C=O) groups excluding carboxylic acids is 1. The van der Waals surface area contributed by atoms with Crippen molar-refractivity contribution in [1.29, 1.82) is 0 Å². The SMILES string of the molecule is CC(C)(C)C(=O)Oc1cc2c(c3ccccc13)[N+]#CC(C(C)(C)C)N2. The predicted octanol–water partition coefficient (Wildman–Crippen LogP) is 5.60. The van der Waals surface area contributed by atoms with E-state index in [2.05, 4.69) is 37.0 Å². The molecule has 1 unspecified atom stereocenters. The normalized spacial score (nSPS) is 16.5. The topological polar surface area (TPSA) is 42.7 Å². The molecular formula is C21H25N2O2+. The average molecular weight is 337 g/mol. The fraction of sp³-hybridized carbons (Fsp3) is 0.429. The number of nitrogens with one attached hydrogen (secondary N) is 1. The molecule has 0 bridgehead atoms. The van der Waals surface area contributed by atoms with Crippen LogP contribution in [0.3, 0.4) is 0 Å². The van der Waals surface area contributed by atoms with E-state index in [9.17, 15) is 4.79 Å². The lowest BCUT2D eigenvalue weighted by atomic mass is 9.87. The van der Waals surface area contributed by atoms with Crippen LogP contribution in [0.15, 0.2) is 30.3 Å². The van der Waals surface area contributed by atoms with Crippen molar-refractivity contribution in [2.24, 2.45) is 10.8 Å². The maximum absolute atomic E-state index is 12.4. The summed E-state index contributed by atoms with van der Waals surface area (Å²) in [6.45, 7) is 12.0. The number of ether oxygens (including phenoxy) is 1. The van der Waals surface area contributed by atoms with Crippen molar-refractivity contribution < 1.29 is 9.53 Å². The molecule has 25 heavy (non-hydrogen) atoms. The van der Waals surface area contributed by atoms with Gasteiger partial charge in [0.15, 0.2) is 6.04 Å². The Hall–Kier alpha value is -2.54. The summed E-state index contributed by atoms with van der Waals surface area (Å²) in [5.74, 6) is 0.308. The van der Waals surface area contributed by atoms with Gasteiger partial charge in [-0.15, -0.1) is 0 Å². The first kappa shape index (κ1) is 17.3. The number of esters is 1. The van der Waals surface area contributed by atoms with E-state index in [4.69, 9.17) is 4.74 Å². The van der Waals surface area contributed by atoms with E-state index >= 15 is 0 Å². The maximum Gasteiger partial charge on any atom is 0.371 e. The standard InChI is InChI=1S/C21H25N2O2/c1-20(2,3)17-12-22-18-14-10-8-7-9-13(14)16(11-15(18)23-17)25-19(24)21(4,5)6/h7-11,17,23H,1-6H3/q+1. The van der Waals surface area contributed by atoms with Gasteiger partial charge in [-0.25, -0.2) is 0 Å². The summed E-state index contributed by atoms with van der Waals surface area (Å²) in [4.78, 5) is 17.0. The summed E-state index contributed by atoms with van der Waals surface area (Å²) in [5, 5.41) is 5.31. The van der Waals surface area contributed by atoms with Crippen molar-refractivity contribution in [3.8, 4) is 11.8 Å². The summed E-state index contributed by atoms with van der Waals surface area (Å²) >= 11 is 0. The van der Waals surface area contributed by atoms with Gasteiger partial charge in [-0.2, -0.15) is 0 Å². The number of fused-ring (bicyclic) bond motifs is 3. The van der Waals surface area contributed by atoms with Crippen molar-refractivity contribution in [2.75, 3.05) is 5.32 Å². The van der Waals surface area contributed by atoms with Crippen LogP contribution in [-0.4, -0.2) is 12.0 Å². The lowest BCUT2D eigenvalue weighted by molar-refractivity contribution is -0.142. The molecule has 0 amide bonds. The minimum atomic E-state index is -0.565. The molecule has 4 heteroatoms. The van der Waals surface area contributed by atoms with Crippen molar-refractivity contribution in [3.63, 3.8) is 0 Å². The Bertz CT molecular complexity index is 906. The molecule has 0 radical (unpaired) electrons. The zero-order valence-electron chi connectivity index (χ0n) is 15.7. The highest BCUT2D eigenvalue weighted by Crippen LogP contribution is 2.43. The van der Waals surface area contributed by atoms with E-state index in [-0.39, 0.29) is 17.4 Å². The van der Waals surface area contributed by atoms with Crippen molar-refractivity contribution >= 4 is 28.1 Å². The van der Waals surface area contributed by atoms with Gasteiger partial charge >= 0.3 is 17.7 Å². The summed E-state index contributed by atoms with van der Waals surface area (Å²) in [6, 6.07) is 12.9. The number of rotatable bonds is 1. The fourth-order valence-electron chi connectivity index (χ4n) is 2.62. The fourth-order valence-corrected chi connectivity index (χ4v) is 2.62. The van der Waals surface area contributed by atoms with Gasteiger partial charge in [0.05, 0.1) is 10.8 Å². The van der Waals surface area contributed by atoms with E-state index in [1.54, 1.807) is 0 Å². The second-order valence-electron chi connectivity index (χ2n) is 8.64. The smallest absolute Gasteiger partial charge is 0.371 e. The molecule has 1 aliphatic heterocycles. The Kier molecular flexibility index (Phi) is 3.99. The molecule has 0 aliphatic carbocycles. The van der Waals surface area contributed by atoms with Crippen molar-refractivity contribution in [3.05, 3.63) is 35.2 Å². The molecule has 4 nitrogen and oxygen atoms in total. The molecule has 1 atom stereocenters. The summed E-state index contributed by atoms with van der Waals surface area (Å²) in [7, 11) is 0. The van der Waals surface area contributed by atoms with Crippen molar-refractivity contribution in [1.82, 2.24) is 0 Å². The van der Waals surface area contributed by atoms with E-state index in [1.807, 2.05) is 51.1 Å². The zero-order chi connectivity index (χ0) is 18.4. The van der Waals surface area contributed by atoms with Gasteiger partial charge in [0.25, 0.3) is 0 Å². The first-order chi connectivity index (χ1) is 11.6. The molecule has 1 aliphatic rings. The van der Waals surface area contributed by atoms with E-state index < -0.39 is 5.41 Å². The Balaban J connectivity index is 2.13. The zero-order valence-corrected chi connectivity index (χ0v) is 15.7. The number of anilines is 1. The molecular weight excluding hydrogens is 312 g/mol. The highest BCUT2D eigenvalue weighted by atomic mass is 16.5. The third kappa shape index (κ3) is 3.32. The average Bonchev–Trinajstić information content (AvgIpc) is 2.52. The van der Waals surface area contributed by atoms with Crippen LogP contribution in [0.5, 0.6) is 5.75 Å². The number of hydrogen-bond donors (Lipinski definition) is 1. The third-order valence-electron chi connectivity index (χ3n) is 4.26. The van der Waals surface area contributed by atoms with Crippen LogP contribution in [0.2, 0.25) is 0 Å². The monoisotopic (exact) mass is 337 g/mol. The van der Waals surface area contributed by atoms with Crippen LogP contribution < -0.4 is 10.1 Å². The predicted molar refractivity (Wildman–Crippen MR) is 103 cm³/mol. The molecule has 130 valence electrons. The number of benzene rings is 2. The van der Waals surface area contributed by atoms with Crippen LogP contribution in [0.25, 0.3) is 15.6 Å². The van der Waals surface area contributed by atoms with Gasteiger partial charge < -0.3 is 10.1 Å². The first-order valence-corrected chi connectivity index (χ1v) is 8.58. The molecule has 0 spiro atoms. The van der Waals surface area contributed by atoms with Crippen LogP contribution in [0.4, 0.5) is 11.4 Å². The van der Waals surface area contributed by atoms with E-state index in [0.29, 0.717) is 5.75 Å². The second-order valence-corrected chi connectivity index (χ2v) is 8.64. The van der Waals surface area contributed by atoms with Crippen LogP contribution in [0.1, 0.15) is 41.5 Å². The Labute approximate surface area is 149 Å². The number of hydrogen-bond acceptors (Lipinski definition) is 3. The Morgan fingerprint density at radius 3 is 2.36 bits per heavy atom. The molecule has 0 saturated carbocycles. The highest BCUT2D eigenvalue weighted by Gasteiger charge is 2.35. The molecule has 2 aromatic carbocycles. The van der Waals surface area contributed by atoms with Gasteiger partial charge in [0.1, 0.15) is 11.4 Å². The van der Waals surface area contributed by atoms with E-state index in [1.165, 1.54) is 0 Å². The maximum atomic E-state index is 12.4. The number of nitrogens with zero attached hydrogens (tertiary/aromatic N) is 1. The van der Waals surface area contributed by atoms with Gasteiger partial charge in [0.2, 0.25) is 0 Å². The molecule has 0 saturated heterocycles. The van der Waals surface area contributed by atoms with Gasteiger partial charge in [-0.1, -0.05) is 39.0 Å². The van der Waals surface area contributed by atoms with Crippen LogP contribution in [-0.2, 0) is 4.79 Å². The van der Waals surface area contributed by atoms with Gasteiger partial charge in [0, 0.05) is 11.5 Å². The van der Waals surface area contributed by atoms with Gasteiger partial charge in [-0.3, -0.25) is 4.79 Å². The lowest BCUT2D eigenvalue weighted by Gasteiger charge is -2.25. The van der Waals surface area contributed by atoms with Crippen LogP contribution >= 0.6 is 0 Å². The molecule has 1 N–H and O–H groups in total. The quantitative estimate of drug-likeness (QED) is 0.544. The molecule has 0 fully saturated rings. The highest BCUT2D eigenvalue weighted by molar-refractivity contribution is 6.05.